The molecule has 94 valence electrons. The van der Waals surface area contributed by atoms with Crippen LogP contribution in [-0.2, 0) is 11.3 Å². The molecule has 0 bridgehead atoms. The Balaban J connectivity index is 2.24. The van der Waals surface area contributed by atoms with Crippen LogP contribution < -0.4 is 0 Å². The molecule has 1 aromatic rings. The normalized spacial score (nSPS) is 18.8. The zero-order chi connectivity index (χ0) is 12.5. The third kappa shape index (κ3) is 2.16. The van der Waals surface area contributed by atoms with Crippen molar-refractivity contribution < 1.29 is 9.90 Å². The summed E-state index contributed by atoms with van der Waals surface area (Å²) in [6.45, 7) is 4.40. The predicted octanol–water partition coefficient (Wildman–Crippen LogP) is 1.44. The number of carbonyl (C=O) groups is 1. The first-order chi connectivity index (χ1) is 8.05. The number of hydrogen-bond acceptors (Lipinski definition) is 4. The lowest BCUT2D eigenvalue weighted by Crippen LogP contribution is -2.34. The number of tetrazole rings is 1. The molecule has 1 N–H and O–H groups in total. The molecule has 0 aliphatic heterocycles. The highest BCUT2D eigenvalue weighted by atomic mass is 16.4. The van der Waals surface area contributed by atoms with Gasteiger partial charge in [-0.15, -0.1) is 5.10 Å². The van der Waals surface area contributed by atoms with Gasteiger partial charge < -0.3 is 5.11 Å². The summed E-state index contributed by atoms with van der Waals surface area (Å²) in [6.07, 6.45) is 3.40. The minimum Gasteiger partial charge on any atom is -0.481 e. The number of rotatable bonds is 4. The molecule has 1 saturated carbocycles. The van der Waals surface area contributed by atoms with Crippen molar-refractivity contribution in [2.45, 2.75) is 52.0 Å². The van der Waals surface area contributed by atoms with Gasteiger partial charge in [-0.2, -0.15) is 0 Å². The summed E-state index contributed by atoms with van der Waals surface area (Å²) in [5.41, 5.74) is -0.668. The minimum atomic E-state index is -0.722. The smallest absolute Gasteiger partial charge is 0.311 e. The van der Waals surface area contributed by atoms with Crippen molar-refractivity contribution in [1.82, 2.24) is 20.2 Å². The molecule has 1 aliphatic rings. The van der Waals surface area contributed by atoms with E-state index in [4.69, 9.17) is 0 Å². The Bertz CT molecular complexity index is 407. The lowest BCUT2D eigenvalue weighted by Gasteiger charge is -2.24. The van der Waals surface area contributed by atoms with Crippen molar-refractivity contribution in [1.29, 1.82) is 0 Å². The van der Waals surface area contributed by atoms with Gasteiger partial charge in [0.1, 0.15) is 0 Å². The number of nitrogens with zero attached hydrogens (tertiary/aromatic N) is 4. The standard InChI is InChI=1S/C11H18N4O2/c1-8(2)9-12-13-14-15(9)7-11(10(16)17)5-3-4-6-11/h8H,3-7H2,1-2H3,(H,16,17). The lowest BCUT2D eigenvalue weighted by atomic mass is 9.86. The van der Waals surface area contributed by atoms with Crippen LogP contribution in [0.15, 0.2) is 0 Å². The van der Waals surface area contributed by atoms with Gasteiger partial charge in [0, 0.05) is 5.92 Å². The van der Waals surface area contributed by atoms with Crippen molar-refractivity contribution in [3.63, 3.8) is 0 Å². The van der Waals surface area contributed by atoms with Crippen LogP contribution in [0.1, 0.15) is 51.3 Å². The summed E-state index contributed by atoms with van der Waals surface area (Å²) < 4.78 is 1.66. The van der Waals surface area contributed by atoms with Crippen LogP contribution in [0.25, 0.3) is 0 Å². The molecule has 0 radical (unpaired) electrons. The Morgan fingerprint density at radius 3 is 2.65 bits per heavy atom. The van der Waals surface area contributed by atoms with Gasteiger partial charge in [0.05, 0.1) is 12.0 Å². The van der Waals surface area contributed by atoms with Crippen LogP contribution in [0.2, 0.25) is 0 Å². The average Bonchev–Trinajstić information content (AvgIpc) is 2.87. The fourth-order valence-corrected chi connectivity index (χ4v) is 2.52. The molecule has 0 aromatic carbocycles. The summed E-state index contributed by atoms with van der Waals surface area (Å²) in [5.74, 6) is 0.245. The number of aliphatic carboxylic acids is 1. The van der Waals surface area contributed by atoms with Crippen LogP contribution >= 0.6 is 0 Å². The van der Waals surface area contributed by atoms with Crippen molar-refractivity contribution in [2.24, 2.45) is 5.41 Å². The van der Waals surface area contributed by atoms with Crippen molar-refractivity contribution in [2.75, 3.05) is 0 Å². The van der Waals surface area contributed by atoms with E-state index in [2.05, 4.69) is 15.5 Å². The van der Waals surface area contributed by atoms with E-state index in [0.717, 1.165) is 31.5 Å². The molecule has 0 atom stereocenters. The predicted molar refractivity (Wildman–Crippen MR) is 60.4 cm³/mol. The topological polar surface area (TPSA) is 80.9 Å². The molecule has 17 heavy (non-hydrogen) atoms. The van der Waals surface area contributed by atoms with Crippen LogP contribution in [0, 0.1) is 5.41 Å². The molecule has 1 aromatic heterocycles. The molecule has 6 heteroatoms. The molecule has 0 spiro atoms. The molecule has 0 unspecified atom stereocenters. The zero-order valence-electron chi connectivity index (χ0n) is 10.3. The molecule has 0 amide bonds. The Morgan fingerprint density at radius 2 is 2.12 bits per heavy atom. The molecule has 2 rings (SSSR count). The summed E-state index contributed by atoms with van der Waals surface area (Å²) in [4.78, 5) is 11.4. The van der Waals surface area contributed by atoms with Crippen LogP contribution in [0.4, 0.5) is 0 Å². The number of aromatic nitrogens is 4. The molecule has 1 fully saturated rings. The van der Waals surface area contributed by atoms with Gasteiger partial charge in [0.15, 0.2) is 5.82 Å². The lowest BCUT2D eigenvalue weighted by molar-refractivity contribution is -0.149. The molecule has 6 nitrogen and oxygen atoms in total. The molecule has 1 aliphatic carbocycles. The minimum absolute atomic E-state index is 0.206. The highest BCUT2D eigenvalue weighted by Crippen LogP contribution is 2.40. The average molecular weight is 238 g/mol. The SMILES string of the molecule is CC(C)c1nnnn1CC1(C(=O)O)CCCC1. The molecular formula is C11H18N4O2. The summed E-state index contributed by atoms with van der Waals surface area (Å²) in [6, 6.07) is 0. The summed E-state index contributed by atoms with van der Waals surface area (Å²) in [5, 5.41) is 20.9. The Hall–Kier alpha value is -1.46. The Morgan fingerprint density at radius 1 is 1.47 bits per heavy atom. The number of carboxylic acid groups (broad SMARTS) is 1. The second-order valence-corrected chi connectivity index (χ2v) is 5.14. The Labute approximate surface area is 100 Å². The fourth-order valence-electron chi connectivity index (χ4n) is 2.52. The number of hydrogen-bond donors (Lipinski definition) is 1. The van der Waals surface area contributed by atoms with Crippen LogP contribution in [-0.4, -0.2) is 31.3 Å². The largest absolute Gasteiger partial charge is 0.481 e. The van der Waals surface area contributed by atoms with Crippen molar-refractivity contribution in [3.05, 3.63) is 5.82 Å². The molecule has 1 heterocycles. The van der Waals surface area contributed by atoms with E-state index in [9.17, 15) is 9.90 Å². The first kappa shape index (κ1) is 12.0. The van der Waals surface area contributed by atoms with E-state index < -0.39 is 11.4 Å². The van der Waals surface area contributed by atoms with Crippen LogP contribution in [0.5, 0.6) is 0 Å². The third-order valence-corrected chi connectivity index (χ3v) is 3.54. The highest BCUT2D eigenvalue weighted by molar-refractivity contribution is 5.74. The Kier molecular flexibility index (Phi) is 3.13. The van der Waals surface area contributed by atoms with E-state index >= 15 is 0 Å². The van der Waals surface area contributed by atoms with E-state index in [1.165, 1.54) is 0 Å². The van der Waals surface area contributed by atoms with Gasteiger partial charge in [-0.1, -0.05) is 26.7 Å². The third-order valence-electron chi connectivity index (χ3n) is 3.54. The second kappa shape index (κ2) is 4.43. The van der Waals surface area contributed by atoms with Gasteiger partial charge in [-0.05, 0) is 23.3 Å². The van der Waals surface area contributed by atoms with Gasteiger partial charge in [-0.3, -0.25) is 4.79 Å². The first-order valence-corrected chi connectivity index (χ1v) is 6.05. The van der Waals surface area contributed by atoms with E-state index in [-0.39, 0.29) is 5.92 Å². The van der Waals surface area contributed by atoms with Gasteiger partial charge in [-0.25, -0.2) is 4.68 Å². The van der Waals surface area contributed by atoms with E-state index in [0.29, 0.717) is 6.54 Å². The van der Waals surface area contributed by atoms with Gasteiger partial charge in [0.2, 0.25) is 0 Å². The first-order valence-electron chi connectivity index (χ1n) is 6.05. The molecule has 0 saturated heterocycles. The number of carboxylic acids is 1. The molecular weight excluding hydrogens is 220 g/mol. The van der Waals surface area contributed by atoms with Crippen molar-refractivity contribution >= 4 is 5.97 Å². The highest BCUT2D eigenvalue weighted by Gasteiger charge is 2.42. The monoisotopic (exact) mass is 238 g/mol. The van der Waals surface area contributed by atoms with Gasteiger partial charge >= 0.3 is 5.97 Å². The second-order valence-electron chi connectivity index (χ2n) is 5.14. The summed E-state index contributed by atoms with van der Waals surface area (Å²) in [7, 11) is 0. The van der Waals surface area contributed by atoms with E-state index in [1.54, 1.807) is 4.68 Å². The summed E-state index contributed by atoms with van der Waals surface area (Å²) >= 11 is 0. The maximum absolute atomic E-state index is 11.4. The zero-order valence-corrected chi connectivity index (χ0v) is 10.3. The van der Waals surface area contributed by atoms with Gasteiger partial charge in [0.25, 0.3) is 0 Å². The quantitative estimate of drug-likeness (QED) is 0.858. The maximum Gasteiger partial charge on any atom is 0.311 e. The van der Waals surface area contributed by atoms with E-state index in [1.807, 2.05) is 13.8 Å². The van der Waals surface area contributed by atoms with Crippen LogP contribution in [0.3, 0.4) is 0 Å². The van der Waals surface area contributed by atoms with Crippen molar-refractivity contribution in [3.8, 4) is 0 Å². The maximum atomic E-state index is 11.4. The fraction of sp³-hybridized carbons (Fsp3) is 0.818.